The summed E-state index contributed by atoms with van der Waals surface area (Å²) in [5.41, 5.74) is -0.113. The van der Waals surface area contributed by atoms with E-state index in [4.69, 9.17) is 16.1 Å². The van der Waals surface area contributed by atoms with Crippen molar-refractivity contribution in [3.8, 4) is 16.9 Å². The lowest BCUT2D eigenvalue weighted by Crippen LogP contribution is -2.12. The van der Waals surface area contributed by atoms with E-state index < -0.39 is 17.8 Å². The van der Waals surface area contributed by atoms with Gasteiger partial charge in [-0.15, -0.1) is 0 Å². The Labute approximate surface area is 199 Å². The molecule has 4 rings (SSSR count). The molecule has 1 amide bonds. The molecule has 0 saturated carbocycles. The molecule has 6 nitrogen and oxygen atoms in total. The smallest absolute Gasteiger partial charge is 0.359 e. The van der Waals surface area contributed by atoms with Gasteiger partial charge in [-0.05, 0) is 30.3 Å². The molecule has 0 fully saturated rings. The summed E-state index contributed by atoms with van der Waals surface area (Å²) in [7, 11) is 0. The molecule has 1 N–H and O–H groups in total. The van der Waals surface area contributed by atoms with E-state index in [1.165, 1.54) is 12.1 Å². The first-order chi connectivity index (χ1) is 15.9. The topological polar surface area (TPSA) is 73.0 Å². The monoisotopic (exact) mass is 490 g/mol. The third kappa shape index (κ3) is 4.84. The van der Waals surface area contributed by atoms with E-state index in [0.717, 1.165) is 10.7 Å². The number of nitrogens with one attached hydrogen (secondary N) is 1. The molecule has 10 heteroatoms. The van der Waals surface area contributed by atoms with Crippen LogP contribution in [0.4, 0.5) is 19.0 Å². The maximum absolute atomic E-state index is 13.4. The van der Waals surface area contributed by atoms with Gasteiger partial charge in [-0.1, -0.05) is 61.8 Å². The Morgan fingerprint density at radius 2 is 1.74 bits per heavy atom. The average molecular weight is 491 g/mol. The molecule has 0 atom stereocenters. The number of anilines is 1. The van der Waals surface area contributed by atoms with Crippen molar-refractivity contribution in [2.45, 2.75) is 32.4 Å². The first-order valence-corrected chi connectivity index (χ1v) is 10.6. The van der Waals surface area contributed by atoms with Crippen LogP contribution in [0.3, 0.4) is 0 Å². The maximum atomic E-state index is 13.4. The number of para-hydroxylation sites is 1. The second-order valence-corrected chi connectivity index (χ2v) is 9.04. The summed E-state index contributed by atoms with van der Waals surface area (Å²) in [5.74, 6) is 0.452. The number of amides is 1. The number of hydrogen-bond donors (Lipinski definition) is 1. The fourth-order valence-corrected chi connectivity index (χ4v) is 3.42. The molecule has 0 aliphatic rings. The molecule has 0 saturated heterocycles. The van der Waals surface area contributed by atoms with Gasteiger partial charge in [0.05, 0.1) is 16.4 Å². The minimum Gasteiger partial charge on any atom is -0.359 e. The van der Waals surface area contributed by atoms with Crippen LogP contribution in [0.1, 0.15) is 44.0 Å². The van der Waals surface area contributed by atoms with E-state index >= 15 is 0 Å². The highest BCUT2D eigenvalue weighted by Gasteiger charge is 2.35. The number of halogens is 4. The number of nitrogens with zero attached hydrogens (tertiary/aromatic N) is 3. The molecule has 2 aromatic carbocycles. The van der Waals surface area contributed by atoms with Crippen molar-refractivity contribution in [2.24, 2.45) is 0 Å². The fraction of sp³-hybridized carbons (Fsp3) is 0.208. The van der Waals surface area contributed by atoms with E-state index in [-0.39, 0.29) is 23.4 Å². The highest BCUT2D eigenvalue weighted by molar-refractivity contribution is 6.32. The number of rotatable bonds is 4. The molecule has 0 aliphatic carbocycles. The number of hydrogen-bond acceptors (Lipinski definition) is 4. The summed E-state index contributed by atoms with van der Waals surface area (Å²) >= 11 is 6.21. The minimum atomic E-state index is -4.63. The second-order valence-electron chi connectivity index (χ2n) is 8.63. The van der Waals surface area contributed by atoms with Crippen molar-refractivity contribution >= 4 is 23.3 Å². The predicted octanol–water partition coefficient (Wildman–Crippen LogP) is 7.00. The SMILES string of the molecule is CC(C)(C)c1cc(NC(=O)c2ccc(-c3cc(C(F)(F)F)nn3-c3ccccc3Cl)cc2)no1.[HH]. The number of carbonyl (C=O) groups is 1. The van der Waals surface area contributed by atoms with Gasteiger partial charge in [0.25, 0.3) is 5.91 Å². The lowest BCUT2D eigenvalue weighted by Gasteiger charge is -2.12. The number of benzene rings is 2. The van der Waals surface area contributed by atoms with Gasteiger partial charge in [0.1, 0.15) is 5.76 Å². The Hall–Kier alpha value is -3.59. The molecule has 2 aromatic heterocycles. The van der Waals surface area contributed by atoms with Crippen LogP contribution < -0.4 is 5.32 Å². The zero-order valence-corrected chi connectivity index (χ0v) is 19.2. The highest BCUT2D eigenvalue weighted by Crippen LogP contribution is 2.34. The molecule has 2 heterocycles. The number of aromatic nitrogens is 3. The van der Waals surface area contributed by atoms with Crippen molar-refractivity contribution in [2.75, 3.05) is 5.32 Å². The predicted molar refractivity (Wildman–Crippen MR) is 124 cm³/mol. The summed E-state index contributed by atoms with van der Waals surface area (Å²) < 4.78 is 46.6. The third-order valence-corrected chi connectivity index (χ3v) is 5.33. The molecular weight excluding hydrogens is 469 g/mol. The second kappa shape index (κ2) is 8.64. The molecule has 178 valence electrons. The van der Waals surface area contributed by atoms with Crippen LogP contribution in [0.2, 0.25) is 5.02 Å². The lowest BCUT2D eigenvalue weighted by molar-refractivity contribution is -0.141. The molecule has 0 spiro atoms. The Morgan fingerprint density at radius 1 is 1.06 bits per heavy atom. The Bertz CT molecular complexity index is 1340. The maximum Gasteiger partial charge on any atom is 0.435 e. The van der Waals surface area contributed by atoms with Crippen LogP contribution in [-0.2, 0) is 11.6 Å². The molecule has 0 unspecified atom stereocenters. The van der Waals surface area contributed by atoms with Gasteiger partial charge in [0, 0.05) is 24.0 Å². The summed E-state index contributed by atoms with van der Waals surface area (Å²) in [6.45, 7) is 5.86. The Kier molecular flexibility index (Phi) is 5.99. The van der Waals surface area contributed by atoms with Crippen LogP contribution in [0.25, 0.3) is 16.9 Å². The van der Waals surface area contributed by atoms with E-state index in [1.807, 2.05) is 20.8 Å². The minimum absolute atomic E-state index is 0. The quantitative estimate of drug-likeness (QED) is 0.334. The van der Waals surface area contributed by atoms with Gasteiger partial charge >= 0.3 is 6.18 Å². The van der Waals surface area contributed by atoms with Crippen LogP contribution in [0, 0.1) is 0 Å². The summed E-state index contributed by atoms with van der Waals surface area (Å²) in [6.07, 6.45) is -4.63. The zero-order valence-electron chi connectivity index (χ0n) is 18.4. The normalized spacial score (nSPS) is 12.1. The van der Waals surface area contributed by atoms with Gasteiger partial charge in [-0.2, -0.15) is 18.3 Å². The van der Waals surface area contributed by atoms with Gasteiger partial charge < -0.3 is 9.84 Å². The third-order valence-electron chi connectivity index (χ3n) is 5.01. The van der Waals surface area contributed by atoms with Gasteiger partial charge in [-0.25, -0.2) is 4.68 Å². The van der Waals surface area contributed by atoms with Gasteiger partial charge in [0.2, 0.25) is 0 Å². The highest BCUT2D eigenvalue weighted by atomic mass is 35.5. The standard InChI is InChI=1S/C24H20ClF3N4O2.H2/c1-23(2,3)20-13-21(31-34-20)29-22(33)15-10-8-14(9-11-15)18-12-19(24(26,27)28)30-32(18)17-7-5-4-6-16(17)25;/h4-13H,1-3H3,(H,29,31,33);1H. The average Bonchev–Trinajstić information content (AvgIpc) is 3.41. The summed E-state index contributed by atoms with van der Waals surface area (Å²) in [5, 5.41) is 10.5. The van der Waals surface area contributed by atoms with Crippen molar-refractivity contribution in [1.29, 1.82) is 0 Å². The first kappa shape index (κ1) is 23.6. The first-order valence-electron chi connectivity index (χ1n) is 10.2. The van der Waals surface area contributed by atoms with Crippen LogP contribution in [-0.4, -0.2) is 20.8 Å². The van der Waals surface area contributed by atoms with Crippen molar-refractivity contribution in [3.05, 3.63) is 82.7 Å². The molecule has 34 heavy (non-hydrogen) atoms. The largest absolute Gasteiger partial charge is 0.435 e. The van der Waals surface area contributed by atoms with E-state index in [0.29, 0.717) is 22.6 Å². The van der Waals surface area contributed by atoms with E-state index in [2.05, 4.69) is 15.6 Å². The molecule has 0 radical (unpaired) electrons. The van der Waals surface area contributed by atoms with Crippen LogP contribution in [0.5, 0.6) is 0 Å². The van der Waals surface area contributed by atoms with Crippen molar-refractivity contribution in [3.63, 3.8) is 0 Å². The van der Waals surface area contributed by atoms with E-state index in [9.17, 15) is 18.0 Å². The van der Waals surface area contributed by atoms with Gasteiger partial charge in [-0.3, -0.25) is 4.79 Å². The van der Waals surface area contributed by atoms with Crippen molar-refractivity contribution < 1.29 is 23.9 Å². The zero-order chi connectivity index (χ0) is 24.7. The summed E-state index contributed by atoms with van der Waals surface area (Å²) in [6, 6.07) is 15.2. The lowest BCUT2D eigenvalue weighted by atomic mass is 9.93. The van der Waals surface area contributed by atoms with Crippen LogP contribution >= 0.6 is 11.6 Å². The van der Waals surface area contributed by atoms with Crippen LogP contribution in [0.15, 0.2) is 65.2 Å². The Balaban J connectivity index is 0.00000342. The van der Waals surface area contributed by atoms with E-state index in [1.54, 1.807) is 42.5 Å². The molecule has 0 aliphatic heterocycles. The summed E-state index contributed by atoms with van der Waals surface area (Å²) in [4.78, 5) is 12.6. The fourth-order valence-electron chi connectivity index (χ4n) is 3.20. The van der Waals surface area contributed by atoms with Crippen molar-refractivity contribution in [1.82, 2.24) is 14.9 Å². The number of carbonyl (C=O) groups excluding carboxylic acids is 1. The molecule has 4 aromatic rings. The Morgan fingerprint density at radius 3 is 2.32 bits per heavy atom. The van der Waals surface area contributed by atoms with Gasteiger partial charge in [0.15, 0.2) is 11.5 Å². The number of alkyl halides is 3. The molecular formula is C24H22ClF3N4O2. The molecule has 0 bridgehead atoms.